The van der Waals surface area contributed by atoms with Crippen LogP contribution in [-0.4, -0.2) is 39.7 Å². The van der Waals surface area contributed by atoms with Crippen LogP contribution in [0.2, 0.25) is 0 Å². The minimum Gasteiger partial charge on any atom is -0.403 e. The van der Waals surface area contributed by atoms with E-state index >= 15 is 0 Å². The molecule has 3 heterocycles. The fourth-order valence-electron chi connectivity index (χ4n) is 4.59. The van der Waals surface area contributed by atoms with E-state index in [-0.39, 0.29) is 5.41 Å². The number of benzene rings is 1. The minimum atomic E-state index is -0.224. The molecule has 1 aliphatic rings. The first kappa shape index (κ1) is 20.8. The molecule has 0 unspecified atom stereocenters. The molecule has 0 bridgehead atoms. The van der Waals surface area contributed by atoms with Crippen molar-refractivity contribution in [1.82, 2.24) is 19.9 Å². The molecule has 8 heteroatoms. The van der Waals surface area contributed by atoms with Gasteiger partial charge in [0, 0.05) is 60.5 Å². The second-order valence-electron chi connectivity index (χ2n) is 8.31. The topological polar surface area (TPSA) is 131 Å². The average Bonchev–Trinajstić information content (AvgIpc) is 3.48. The molecular formula is C25H26N8. The number of allylic oxidation sites excluding steroid dienone is 1. The molecule has 0 radical (unpaired) electrons. The molecule has 0 fully saturated rings. The van der Waals surface area contributed by atoms with Crippen LogP contribution in [0.5, 0.6) is 0 Å². The molecule has 5 rings (SSSR count). The number of hydrogen-bond acceptors (Lipinski definition) is 7. The number of rotatable bonds is 6. The van der Waals surface area contributed by atoms with Crippen LogP contribution in [0.3, 0.4) is 0 Å². The molecule has 33 heavy (non-hydrogen) atoms. The van der Waals surface area contributed by atoms with Crippen molar-refractivity contribution in [3.05, 3.63) is 83.6 Å². The number of aliphatic imine (C=N–C) groups is 1. The van der Waals surface area contributed by atoms with Crippen LogP contribution in [-0.2, 0) is 18.3 Å². The summed E-state index contributed by atoms with van der Waals surface area (Å²) < 4.78 is 0. The lowest BCUT2D eigenvalue weighted by Gasteiger charge is -2.27. The second-order valence-corrected chi connectivity index (χ2v) is 8.31. The Hall–Kier alpha value is -4.04. The van der Waals surface area contributed by atoms with Gasteiger partial charge in [0.15, 0.2) is 0 Å². The summed E-state index contributed by atoms with van der Waals surface area (Å²) in [6.07, 6.45) is 8.52. The summed E-state index contributed by atoms with van der Waals surface area (Å²) in [6, 6.07) is 14.6. The molecule has 0 aliphatic heterocycles. The molecular weight excluding hydrogens is 412 g/mol. The number of nitrogens with one attached hydrogen (secondary N) is 2. The van der Waals surface area contributed by atoms with Crippen molar-refractivity contribution in [2.75, 3.05) is 18.9 Å². The molecule has 8 nitrogen and oxygen atoms in total. The molecule has 0 saturated carbocycles. The Morgan fingerprint density at radius 3 is 2.67 bits per heavy atom. The van der Waals surface area contributed by atoms with Gasteiger partial charge in [-0.3, -0.25) is 9.98 Å². The molecule has 0 saturated heterocycles. The van der Waals surface area contributed by atoms with Crippen molar-refractivity contribution in [2.45, 2.75) is 18.3 Å². The fraction of sp³-hybridized carbons (Fsp3) is 0.200. The summed E-state index contributed by atoms with van der Waals surface area (Å²) in [7, 11) is 1.68. The number of anilines is 1. The van der Waals surface area contributed by atoms with Gasteiger partial charge in [0.25, 0.3) is 0 Å². The standard InChI is InChI=1S/C25H26N8/c1-28-14-19(13-26)31-24-32-22(20-7-9-30-23(20)33-24)16-6-8-29-21(10-16)25(15-27)11-17-4-2-3-5-18(17)12-25/h2-10,13-14H,11-12,15,26-27H2,1H3,(H2,30,31,32,33). The van der Waals surface area contributed by atoms with Gasteiger partial charge in [0.1, 0.15) is 5.65 Å². The maximum atomic E-state index is 6.35. The first-order valence-electron chi connectivity index (χ1n) is 10.9. The van der Waals surface area contributed by atoms with Gasteiger partial charge in [-0.15, -0.1) is 0 Å². The van der Waals surface area contributed by atoms with Crippen LogP contribution < -0.4 is 16.8 Å². The molecule has 6 N–H and O–H groups in total. The van der Waals surface area contributed by atoms with Gasteiger partial charge in [0.05, 0.1) is 11.4 Å². The number of aromatic amines is 1. The van der Waals surface area contributed by atoms with Crippen molar-refractivity contribution in [3.63, 3.8) is 0 Å². The lowest BCUT2D eigenvalue weighted by molar-refractivity contribution is 0.450. The molecule has 1 aliphatic carbocycles. The number of fused-ring (bicyclic) bond motifs is 2. The SMILES string of the molecule is CN=CC(=CN)Nc1nc(-c2ccnc(C3(CN)Cc4ccccc4C3)c2)c2cc[nH]c2n1. The predicted octanol–water partition coefficient (Wildman–Crippen LogP) is 2.93. The molecule has 0 spiro atoms. The zero-order valence-electron chi connectivity index (χ0n) is 18.4. The van der Waals surface area contributed by atoms with Gasteiger partial charge in [-0.25, -0.2) is 4.98 Å². The first-order chi connectivity index (χ1) is 16.2. The van der Waals surface area contributed by atoms with Crippen LogP contribution in [0, 0.1) is 0 Å². The number of nitrogens with two attached hydrogens (primary N) is 2. The number of H-pyrrole nitrogens is 1. The van der Waals surface area contributed by atoms with Crippen LogP contribution in [0.15, 0.2) is 71.7 Å². The monoisotopic (exact) mass is 438 g/mol. The quantitative estimate of drug-likeness (QED) is 0.342. The normalized spacial score (nSPS) is 15.3. The highest BCUT2D eigenvalue weighted by molar-refractivity contribution is 5.92. The molecule has 4 aromatic rings. The van der Waals surface area contributed by atoms with E-state index in [1.807, 2.05) is 24.5 Å². The number of hydrogen-bond donors (Lipinski definition) is 4. The lowest BCUT2D eigenvalue weighted by atomic mass is 9.80. The second kappa shape index (κ2) is 8.48. The third-order valence-corrected chi connectivity index (χ3v) is 6.26. The Morgan fingerprint density at radius 2 is 1.97 bits per heavy atom. The highest BCUT2D eigenvalue weighted by atomic mass is 15.1. The third-order valence-electron chi connectivity index (χ3n) is 6.26. The molecule has 0 amide bonds. The van der Waals surface area contributed by atoms with E-state index in [1.54, 1.807) is 13.3 Å². The number of pyridine rings is 1. The van der Waals surface area contributed by atoms with Crippen molar-refractivity contribution < 1.29 is 0 Å². The summed E-state index contributed by atoms with van der Waals surface area (Å²) in [5, 5.41) is 4.06. The van der Waals surface area contributed by atoms with E-state index in [2.05, 4.69) is 50.6 Å². The molecule has 1 aromatic carbocycles. The van der Waals surface area contributed by atoms with E-state index in [1.165, 1.54) is 17.3 Å². The summed E-state index contributed by atoms with van der Waals surface area (Å²) in [4.78, 5) is 21.3. The van der Waals surface area contributed by atoms with Gasteiger partial charge < -0.3 is 21.8 Å². The van der Waals surface area contributed by atoms with Gasteiger partial charge in [-0.05, 0) is 42.2 Å². The smallest absolute Gasteiger partial charge is 0.229 e. The van der Waals surface area contributed by atoms with Gasteiger partial charge in [0.2, 0.25) is 5.95 Å². The minimum absolute atomic E-state index is 0.224. The first-order valence-corrected chi connectivity index (χ1v) is 10.9. The maximum absolute atomic E-state index is 6.35. The van der Waals surface area contributed by atoms with Crippen LogP contribution >= 0.6 is 0 Å². The van der Waals surface area contributed by atoms with Crippen LogP contribution in [0.1, 0.15) is 16.8 Å². The van der Waals surface area contributed by atoms with Crippen molar-refractivity contribution in [3.8, 4) is 11.3 Å². The van der Waals surface area contributed by atoms with Crippen molar-refractivity contribution in [1.29, 1.82) is 0 Å². The van der Waals surface area contributed by atoms with Crippen molar-refractivity contribution in [2.24, 2.45) is 16.5 Å². The largest absolute Gasteiger partial charge is 0.403 e. The average molecular weight is 439 g/mol. The summed E-state index contributed by atoms with van der Waals surface area (Å²) >= 11 is 0. The van der Waals surface area contributed by atoms with E-state index in [0.717, 1.165) is 40.8 Å². The zero-order valence-corrected chi connectivity index (χ0v) is 18.4. The van der Waals surface area contributed by atoms with E-state index in [4.69, 9.17) is 21.4 Å². The Kier molecular flexibility index (Phi) is 5.35. The summed E-state index contributed by atoms with van der Waals surface area (Å²) in [6.45, 7) is 0.523. The van der Waals surface area contributed by atoms with Crippen molar-refractivity contribution >= 4 is 23.2 Å². The highest BCUT2D eigenvalue weighted by Gasteiger charge is 2.39. The maximum Gasteiger partial charge on any atom is 0.229 e. The van der Waals surface area contributed by atoms with Crippen LogP contribution in [0.4, 0.5) is 5.95 Å². The Labute approximate surface area is 191 Å². The summed E-state index contributed by atoms with van der Waals surface area (Å²) in [5.74, 6) is 0.428. The van der Waals surface area contributed by atoms with Gasteiger partial charge in [-0.2, -0.15) is 4.98 Å². The highest BCUT2D eigenvalue weighted by Crippen LogP contribution is 2.39. The number of aromatic nitrogens is 4. The van der Waals surface area contributed by atoms with Crippen LogP contribution in [0.25, 0.3) is 22.3 Å². The fourth-order valence-corrected chi connectivity index (χ4v) is 4.59. The Bertz CT molecular complexity index is 1340. The molecule has 166 valence electrons. The Morgan fingerprint density at radius 1 is 1.18 bits per heavy atom. The molecule has 3 aromatic heterocycles. The van der Waals surface area contributed by atoms with Gasteiger partial charge in [-0.1, -0.05) is 24.3 Å². The number of nitrogens with zero attached hydrogens (tertiary/aromatic N) is 4. The van der Waals surface area contributed by atoms with E-state index in [9.17, 15) is 0 Å². The molecule has 0 atom stereocenters. The predicted molar refractivity (Wildman–Crippen MR) is 132 cm³/mol. The lowest BCUT2D eigenvalue weighted by Crippen LogP contribution is -2.36. The third kappa shape index (κ3) is 3.74. The zero-order chi connectivity index (χ0) is 22.8. The summed E-state index contributed by atoms with van der Waals surface area (Å²) in [5.41, 5.74) is 18.6. The Balaban J connectivity index is 1.58. The van der Waals surface area contributed by atoms with Gasteiger partial charge >= 0.3 is 0 Å². The van der Waals surface area contributed by atoms with E-state index < -0.39 is 0 Å². The van der Waals surface area contributed by atoms with E-state index in [0.29, 0.717) is 18.2 Å².